The minimum Gasteiger partial charge on any atom is -0.312 e. The highest BCUT2D eigenvalue weighted by atomic mass is 15.2. The second kappa shape index (κ2) is 16.8. The lowest BCUT2D eigenvalue weighted by Gasteiger charge is -2.34. The zero-order valence-electron chi connectivity index (χ0n) is 34.0. The first-order valence-electron chi connectivity index (χ1n) is 21.2. The molecule has 3 heteroatoms. The Morgan fingerprint density at radius 3 is 1.61 bits per heavy atom. The molecule has 0 bridgehead atoms. The topological polar surface area (TPSA) is 50.1 Å². The molecule has 2 atom stereocenters. The van der Waals surface area contributed by atoms with Crippen LogP contribution in [0.15, 0.2) is 237 Å². The first kappa shape index (κ1) is 38.1. The Hall–Kier alpha value is -7.14. The van der Waals surface area contributed by atoms with E-state index in [1.807, 2.05) is 12.1 Å². The summed E-state index contributed by atoms with van der Waals surface area (Å²) in [7, 11) is 0. The highest BCUT2D eigenvalue weighted by Crippen LogP contribution is 2.58. The van der Waals surface area contributed by atoms with Crippen LogP contribution in [0.25, 0.3) is 44.5 Å². The van der Waals surface area contributed by atoms with Crippen LogP contribution in [-0.4, -0.2) is 0 Å². The monoisotopic (exact) mass is 785 g/mol. The van der Waals surface area contributed by atoms with E-state index in [0.717, 1.165) is 22.3 Å². The molecule has 0 spiro atoms. The summed E-state index contributed by atoms with van der Waals surface area (Å²) in [5.41, 5.74) is 24.7. The number of nitrogens with one attached hydrogen (secondary N) is 2. The van der Waals surface area contributed by atoms with Crippen molar-refractivity contribution in [2.45, 2.75) is 24.3 Å². The standard InChI is InChI=1S/C58H47N3/c59-56(61-57(60-40-41-18-5-1-6-19-41)44-36-34-43(35-37-44)42-20-7-2-8-21-42)48-25-16-23-46(39-48)45-22-15-24-47(38-45)51-31-17-33-54-55(51)52-30-13-14-32-53(52)58(54,49-26-9-3-10-27-49)50-28-11-4-12-29-50/h1-39,56-57,60-61H,40,59H2. The normalized spacial score (nSPS) is 13.5. The molecule has 61 heavy (non-hydrogen) atoms. The molecule has 0 heterocycles. The molecular formula is C58H47N3. The number of hydrogen-bond acceptors (Lipinski definition) is 3. The van der Waals surface area contributed by atoms with Crippen LogP contribution in [0, 0.1) is 0 Å². The van der Waals surface area contributed by atoms with Crippen molar-refractivity contribution >= 4 is 0 Å². The Balaban J connectivity index is 0.984. The summed E-state index contributed by atoms with van der Waals surface area (Å²) in [5, 5.41) is 7.48. The van der Waals surface area contributed by atoms with E-state index >= 15 is 0 Å². The number of rotatable bonds is 12. The van der Waals surface area contributed by atoms with E-state index in [2.05, 4.69) is 235 Å². The van der Waals surface area contributed by atoms with Crippen molar-refractivity contribution in [2.24, 2.45) is 5.73 Å². The lowest BCUT2D eigenvalue weighted by molar-refractivity contribution is 0.386. The van der Waals surface area contributed by atoms with Gasteiger partial charge in [0.25, 0.3) is 0 Å². The van der Waals surface area contributed by atoms with E-state index in [1.165, 1.54) is 61.2 Å². The van der Waals surface area contributed by atoms with Crippen LogP contribution in [0.2, 0.25) is 0 Å². The van der Waals surface area contributed by atoms with Gasteiger partial charge in [0.1, 0.15) is 0 Å². The summed E-state index contributed by atoms with van der Waals surface area (Å²) >= 11 is 0. The molecule has 0 amide bonds. The summed E-state index contributed by atoms with van der Waals surface area (Å²) in [6.07, 6.45) is -0.614. The van der Waals surface area contributed by atoms with Gasteiger partial charge >= 0.3 is 0 Å². The second-order valence-electron chi connectivity index (χ2n) is 15.9. The third-order valence-electron chi connectivity index (χ3n) is 12.3. The summed E-state index contributed by atoms with van der Waals surface area (Å²) < 4.78 is 0. The lowest BCUT2D eigenvalue weighted by atomic mass is 9.67. The van der Waals surface area contributed by atoms with Crippen molar-refractivity contribution in [2.75, 3.05) is 0 Å². The predicted molar refractivity (Wildman–Crippen MR) is 253 cm³/mol. The lowest BCUT2D eigenvalue weighted by Crippen LogP contribution is -2.39. The Labute approximate surface area is 359 Å². The van der Waals surface area contributed by atoms with Crippen LogP contribution in [0.4, 0.5) is 0 Å². The second-order valence-corrected chi connectivity index (χ2v) is 15.9. The average molecular weight is 786 g/mol. The van der Waals surface area contributed by atoms with Crippen molar-refractivity contribution in [3.05, 3.63) is 276 Å². The van der Waals surface area contributed by atoms with Crippen LogP contribution in [-0.2, 0) is 12.0 Å². The molecule has 294 valence electrons. The maximum absolute atomic E-state index is 7.07. The molecule has 0 aliphatic heterocycles. The van der Waals surface area contributed by atoms with Crippen LogP contribution in [0.1, 0.15) is 51.3 Å². The van der Waals surface area contributed by atoms with Crippen molar-refractivity contribution in [1.29, 1.82) is 0 Å². The molecule has 9 aromatic carbocycles. The van der Waals surface area contributed by atoms with Crippen molar-refractivity contribution < 1.29 is 0 Å². The van der Waals surface area contributed by atoms with E-state index in [0.29, 0.717) is 6.54 Å². The minimum absolute atomic E-state index is 0.186. The van der Waals surface area contributed by atoms with Gasteiger partial charge in [-0.1, -0.05) is 224 Å². The minimum atomic E-state index is -0.447. The quantitative estimate of drug-likeness (QED) is 0.108. The van der Waals surface area contributed by atoms with Gasteiger partial charge in [-0.25, -0.2) is 0 Å². The molecule has 4 N–H and O–H groups in total. The Kier molecular flexibility index (Phi) is 10.5. The molecule has 0 radical (unpaired) electrons. The van der Waals surface area contributed by atoms with E-state index in [1.54, 1.807) is 0 Å². The fourth-order valence-corrected chi connectivity index (χ4v) is 9.37. The van der Waals surface area contributed by atoms with Crippen molar-refractivity contribution in [3.8, 4) is 44.5 Å². The number of hydrogen-bond donors (Lipinski definition) is 3. The molecule has 0 saturated heterocycles. The van der Waals surface area contributed by atoms with Gasteiger partial charge in [-0.05, 0) is 95.6 Å². The summed E-state index contributed by atoms with van der Waals surface area (Å²) in [6, 6.07) is 85.1. The third-order valence-corrected chi connectivity index (χ3v) is 12.3. The van der Waals surface area contributed by atoms with Gasteiger partial charge in [0.2, 0.25) is 0 Å². The van der Waals surface area contributed by atoms with Crippen LogP contribution < -0.4 is 16.4 Å². The molecule has 10 rings (SSSR count). The average Bonchev–Trinajstić information content (AvgIpc) is 3.65. The molecule has 0 fully saturated rings. The largest absolute Gasteiger partial charge is 0.312 e. The highest BCUT2D eigenvalue weighted by Gasteiger charge is 2.46. The Morgan fingerprint density at radius 1 is 0.393 bits per heavy atom. The van der Waals surface area contributed by atoms with Gasteiger partial charge in [-0.2, -0.15) is 0 Å². The Morgan fingerprint density at radius 2 is 0.902 bits per heavy atom. The van der Waals surface area contributed by atoms with Crippen LogP contribution in [0.5, 0.6) is 0 Å². The third kappa shape index (κ3) is 7.30. The van der Waals surface area contributed by atoms with Gasteiger partial charge in [0.05, 0.1) is 17.7 Å². The van der Waals surface area contributed by atoms with Gasteiger partial charge in [-0.15, -0.1) is 0 Å². The van der Waals surface area contributed by atoms with E-state index in [-0.39, 0.29) is 6.17 Å². The number of benzene rings is 9. The van der Waals surface area contributed by atoms with Crippen LogP contribution in [0.3, 0.4) is 0 Å². The van der Waals surface area contributed by atoms with Crippen molar-refractivity contribution in [3.63, 3.8) is 0 Å². The molecule has 3 nitrogen and oxygen atoms in total. The molecule has 0 saturated carbocycles. The summed E-state index contributed by atoms with van der Waals surface area (Å²) in [6.45, 7) is 0.698. The summed E-state index contributed by atoms with van der Waals surface area (Å²) in [5.74, 6) is 0. The predicted octanol–water partition coefficient (Wildman–Crippen LogP) is 13.1. The zero-order valence-corrected chi connectivity index (χ0v) is 34.0. The molecule has 9 aromatic rings. The van der Waals surface area contributed by atoms with Crippen LogP contribution >= 0.6 is 0 Å². The smallest absolute Gasteiger partial charge is 0.0852 e. The molecule has 1 aliphatic carbocycles. The van der Waals surface area contributed by atoms with Gasteiger partial charge in [0, 0.05) is 6.54 Å². The fourth-order valence-electron chi connectivity index (χ4n) is 9.37. The maximum Gasteiger partial charge on any atom is 0.0852 e. The molecule has 2 unspecified atom stereocenters. The van der Waals surface area contributed by atoms with Gasteiger partial charge in [-0.3, -0.25) is 10.6 Å². The van der Waals surface area contributed by atoms with E-state index < -0.39 is 11.6 Å². The molecular weight excluding hydrogens is 739 g/mol. The van der Waals surface area contributed by atoms with Gasteiger partial charge in [0.15, 0.2) is 0 Å². The SMILES string of the molecule is NC(NC(NCc1ccccc1)c1ccc(-c2ccccc2)cc1)c1cccc(-c2cccc(-c3cccc4c3-c3ccccc3C4(c3ccccc3)c3ccccc3)c2)c1. The molecule has 0 aromatic heterocycles. The van der Waals surface area contributed by atoms with Gasteiger partial charge < -0.3 is 5.73 Å². The number of fused-ring (bicyclic) bond motifs is 3. The number of nitrogens with two attached hydrogens (primary N) is 1. The highest BCUT2D eigenvalue weighted by molar-refractivity contribution is 5.96. The Bertz CT molecular complexity index is 2850. The first-order valence-corrected chi connectivity index (χ1v) is 21.2. The summed E-state index contributed by atoms with van der Waals surface area (Å²) in [4.78, 5) is 0. The molecule has 1 aliphatic rings. The maximum atomic E-state index is 7.07. The first-order chi connectivity index (χ1) is 30.2. The zero-order chi connectivity index (χ0) is 41.0. The fraction of sp³-hybridized carbons (Fsp3) is 0.0690. The van der Waals surface area contributed by atoms with Crippen molar-refractivity contribution in [1.82, 2.24) is 10.6 Å². The van der Waals surface area contributed by atoms with E-state index in [4.69, 9.17) is 5.73 Å². The van der Waals surface area contributed by atoms with E-state index in [9.17, 15) is 0 Å².